The summed E-state index contributed by atoms with van der Waals surface area (Å²) in [6.45, 7) is 9.02. The van der Waals surface area contributed by atoms with Gasteiger partial charge in [0.15, 0.2) is 0 Å². The molecule has 1 amide bonds. The molecule has 3 aromatic rings. The van der Waals surface area contributed by atoms with Crippen LogP contribution in [0.1, 0.15) is 37.6 Å². The number of carbonyl (C=O) groups excluding carboxylic acids is 1. The smallest absolute Gasteiger partial charge is 0.258 e. The fraction of sp³-hybridized carbons (Fsp3) is 0.381. The lowest BCUT2D eigenvalue weighted by atomic mass is 9.90. The van der Waals surface area contributed by atoms with E-state index in [1.54, 1.807) is 12.4 Å². The average molecular weight is 377 g/mol. The molecule has 1 aliphatic heterocycles. The van der Waals surface area contributed by atoms with Crippen LogP contribution in [0.15, 0.2) is 35.2 Å². The Morgan fingerprint density at radius 3 is 2.68 bits per heavy atom. The van der Waals surface area contributed by atoms with Gasteiger partial charge in [-0.3, -0.25) is 14.8 Å². The molecule has 4 heterocycles. The van der Waals surface area contributed by atoms with Crippen molar-refractivity contribution in [1.29, 1.82) is 0 Å². The van der Waals surface area contributed by atoms with Gasteiger partial charge >= 0.3 is 0 Å². The Bertz CT molecular complexity index is 1020. The molecule has 3 aromatic heterocycles. The fourth-order valence-corrected chi connectivity index (χ4v) is 3.53. The minimum Gasteiger partial charge on any atom is -0.338 e. The molecule has 0 atom stereocenters. The highest BCUT2D eigenvalue weighted by Crippen LogP contribution is 2.33. The van der Waals surface area contributed by atoms with E-state index in [0.29, 0.717) is 24.8 Å². The van der Waals surface area contributed by atoms with Crippen molar-refractivity contribution in [1.82, 2.24) is 25.0 Å². The summed E-state index contributed by atoms with van der Waals surface area (Å²) in [6.07, 6.45) is 5.99. The van der Waals surface area contributed by atoms with Gasteiger partial charge in [0, 0.05) is 53.9 Å². The highest BCUT2D eigenvalue weighted by molar-refractivity contribution is 5.82. The second-order valence-corrected chi connectivity index (χ2v) is 8.11. The minimum absolute atomic E-state index is 0.153. The summed E-state index contributed by atoms with van der Waals surface area (Å²) in [7, 11) is 0. The molecule has 0 aliphatic carbocycles. The van der Waals surface area contributed by atoms with Gasteiger partial charge in [-0.15, -0.1) is 0 Å². The Hall–Kier alpha value is -3.09. The predicted octanol–water partition coefficient (Wildman–Crippen LogP) is 3.43. The number of fused-ring (bicyclic) bond motifs is 1. The second-order valence-electron chi connectivity index (χ2n) is 8.11. The van der Waals surface area contributed by atoms with Crippen molar-refractivity contribution < 1.29 is 9.32 Å². The quantitative estimate of drug-likeness (QED) is 0.680. The van der Waals surface area contributed by atoms with Crippen molar-refractivity contribution >= 4 is 5.91 Å². The van der Waals surface area contributed by atoms with E-state index in [1.165, 1.54) is 0 Å². The Morgan fingerprint density at radius 2 is 1.96 bits per heavy atom. The zero-order chi connectivity index (χ0) is 19.9. The topological polar surface area (TPSA) is 85.0 Å². The maximum atomic E-state index is 12.7. The number of pyridine rings is 2. The third kappa shape index (κ3) is 3.28. The molecule has 144 valence electrons. The molecule has 0 saturated carbocycles. The molecule has 28 heavy (non-hydrogen) atoms. The van der Waals surface area contributed by atoms with Gasteiger partial charge < -0.3 is 9.42 Å². The molecular weight excluding hydrogens is 354 g/mol. The van der Waals surface area contributed by atoms with E-state index in [-0.39, 0.29) is 5.91 Å². The number of hydrogen-bond acceptors (Lipinski definition) is 6. The van der Waals surface area contributed by atoms with Crippen molar-refractivity contribution in [3.63, 3.8) is 0 Å². The van der Waals surface area contributed by atoms with Crippen LogP contribution in [0.3, 0.4) is 0 Å². The number of hydrogen-bond donors (Lipinski definition) is 0. The van der Waals surface area contributed by atoms with Gasteiger partial charge in [-0.25, -0.2) is 0 Å². The predicted molar refractivity (Wildman–Crippen MR) is 104 cm³/mol. The van der Waals surface area contributed by atoms with E-state index in [0.717, 1.165) is 34.4 Å². The van der Waals surface area contributed by atoms with Gasteiger partial charge in [0.1, 0.15) is 0 Å². The Morgan fingerprint density at radius 1 is 1.21 bits per heavy atom. The minimum atomic E-state index is -0.397. The molecule has 0 N–H and O–H groups in total. The van der Waals surface area contributed by atoms with Gasteiger partial charge in [-0.2, -0.15) is 4.98 Å². The molecule has 7 nitrogen and oxygen atoms in total. The molecule has 4 rings (SSSR count). The molecule has 0 unspecified atom stereocenters. The van der Waals surface area contributed by atoms with Crippen LogP contribution in [0.4, 0.5) is 0 Å². The third-order valence-corrected chi connectivity index (χ3v) is 4.96. The highest BCUT2D eigenvalue weighted by Gasteiger charge is 2.31. The lowest BCUT2D eigenvalue weighted by Gasteiger charge is -2.34. The SMILES string of the molecule is Cc1ncc2c(c1-c1noc(-c3ccncc3)n1)CCN(C(=O)C(C)(C)C)C2. The van der Waals surface area contributed by atoms with Gasteiger partial charge in [0.05, 0.1) is 0 Å². The summed E-state index contributed by atoms with van der Waals surface area (Å²) < 4.78 is 5.47. The Kier molecular flexibility index (Phi) is 4.45. The molecule has 0 saturated heterocycles. The van der Waals surface area contributed by atoms with Crippen LogP contribution >= 0.6 is 0 Å². The molecule has 0 fully saturated rings. The first-order valence-corrected chi connectivity index (χ1v) is 9.36. The van der Waals surface area contributed by atoms with E-state index in [1.807, 2.05) is 50.9 Å². The summed E-state index contributed by atoms with van der Waals surface area (Å²) in [5, 5.41) is 4.20. The van der Waals surface area contributed by atoms with Crippen molar-refractivity contribution in [3.8, 4) is 22.8 Å². The monoisotopic (exact) mass is 377 g/mol. The molecule has 0 radical (unpaired) electrons. The third-order valence-electron chi connectivity index (χ3n) is 4.96. The number of rotatable bonds is 2. The van der Waals surface area contributed by atoms with Crippen LogP contribution < -0.4 is 0 Å². The maximum Gasteiger partial charge on any atom is 0.258 e. The fourth-order valence-electron chi connectivity index (χ4n) is 3.53. The number of aromatic nitrogens is 4. The van der Waals surface area contributed by atoms with Gasteiger partial charge in [-0.05, 0) is 36.6 Å². The van der Waals surface area contributed by atoms with Crippen molar-refractivity contribution in [2.45, 2.75) is 40.7 Å². The second kappa shape index (κ2) is 6.82. The molecule has 0 aromatic carbocycles. The van der Waals surface area contributed by atoms with Crippen molar-refractivity contribution in [2.75, 3.05) is 6.54 Å². The summed E-state index contributed by atoms with van der Waals surface area (Å²) in [6, 6.07) is 3.66. The van der Waals surface area contributed by atoms with E-state index in [4.69, 9.17) is 4.52 Å². The molecule has 0 spiro atoms. The Labute approximate surface area is 163 Å². The average Bonchev–Trinajstić information content (AvgIpc) is 3.16. The molecule has 7 heteroatoms. The lowest BCUT2D eigenvalue weighted by molar-refractivity contribution is -0.140. The normalized spacial score (nSPS) is 14.1. The first-order valence-electron chi connectivity index (χ1n) is 9.36. The van der Waals surface area contributed by atoms with Crippen molar-refractivity contribution in [3.05, 3.63) is 47.5 Å². The van der Waals surface area contributed by atoms with Crippen molar-refractivity contribution in [2.24, 2.45) is 5.41 Å². The molecule has 1 aliphatic rings. The maximum absolute atomic E-state index is 12.7. The van der Waals surface area contributed by atoms with Crippen LogP contribution in [-0.4, -0.2) is 37.5 Å². The number of carbonyl (C=O) groups is 1. The first-order chi connectivity index (χ1) is 13.3. The molecular formula is C21H23N5O2. The number of aryl methyl sites for hydroxylation is 1. The van der Waals surface area contributed by atoms with E-state index < -0.39 is 5.41 Å². The largest absolute Gasteiger partial charge is 0.338 e. The van der Waals surface area contributed by atoms with Gasteiger partial charge in [0.2, 0.25) is 11.7 Å². The summed E-state index contributed by atoms with van der Waals surface area (Å²) in [5.41, 5.74) is 4.38. The standard InChI is InChI=1S/C21H23N5O2/c1-13-17(18-24-19(28-25-18)14-5-8-22-9-6-14)16-7-10-26(12-15(16)11-23-13)20(27)21(2,3)4/h5-6,8-9,11H,7,10,12H2,1-4H3. The summed E-state index contributed by atoms with van der Waals surface area (Å²) >= 11 is 0. The lowest BCUT2D eigenvalue weighted by Crippen LogP contribution is -2.42. The molecule has 0 bridgehead atoms. The zero-order valence-corrected chi connectivity index (χ0v) is 16.6. The first kappa shape index (κ1) is 18.3. The van der Waals surface area contributed by atoms with Crippen LogP contribution in [0, 0.1) is 12.3 Å². The van der Waals surface area contributed by atoms with E-state index >= 15 is 0 Å². The van der Waals surface area contributed by atoms with Crippen LogP contribution in [0.25, 0.3) is 22.8 Å². The highest BCUT2D eigenvalue weighted by atomic mass is 16.5. The zero-order valence-electron chi connectivity index (χ0n) is 16.6. The summed E-state index contributed by atoms with van der Waals surface area (Å²) in [4.78, 5) is 27.7. The number of nitrogens with zero attached hydrogens (tertiary/aromatic N) is 5. The van der Waals surface area contributed by atoms with Crippen LogP contribution in [-0.2, 0) is 17.8 Å². The van der Waals surface area contributed by atoms with E-state index in [9.17, 15) is 4.79 Å². The Balaban J connectivity index is 1.69. The van der Waals surface area contributed by atoms with Gasteiger partial charge in [0.25, 0.3) is 5.89 Å². The van der Waals surface area contributed by atoms with Crippen LogP contribution in [0.5, 0.6) is 0 Å². The van der Waals surface area contributed by atoms with Gasteiger partial charge in [-0.1, -0.05) is 25.9 Å². The van der Waals surface area contributed by atoms with E-state index in [2.05, 4.69) is 20.1 Å². The summed E-state index contributed by atoms with van der Waals surface area (Å²) in [5.74, 6) is 1.14. The van der Waals surface area contributed by atoms with Crippen LogP contribution in [0.2, 0.25) is 0 Å². The number of amides is 1.